The van der Waals surface area contributed by atoms with Crippen LogP contribution in [0, 0.1) is 21.1 Å². The average Bonchev–Trinajstić information content (AvgIpc) is 2.94. The van der Waals surface area contributed by atoms with E-state index in [0.29, 0.717) is 12.5 Å². The monoisotopic (exact) mass is 310 g/mol. The van der Waals surface area contributed by atoms with Crippen LogP contribution in [0.1, 0.15) is 12.8 Å². The van der Waals surface area contributed by atoms with E-state index in [0.717, 1.165) is 12.8 Å². The van der Waals surface area contributed by atoms with E-state index in [1.165, 1.54) is 12.1 Å². The molecule has 0 spiro atoms. The van der Waals surface area contributed by atoms with Crippen molar-refractivity contribution in [3.8, 4) is 5.75 Å². The Kier molecular flexibility index (Phi) is 2.90. The number of halogens is 3. The Morgan fingerprint density at radius 2 is 1.86 bits per heavy atom. The minimum atomic E-state index is -0.559. The lowest BCUT2D eigenvalue weighted by Crippen LogP contribution is -2.00. The lowest BCUT2D eigenvalue weighted by Gasteiger charge is -2.06. The van der Waals surface area contributed by atoms with Crippen molar-refractivity contribution >= 4 is 22.6 Å². The summed E-state index contributed by atoms with van der Waals surface area (Å²) in [6, 6.07) is 2.46. The van der Waals surface area contributed by atoms with Gasteiger partial charge in [0.25, 0.3) is 0 Å². The molecule has 1 aliphatic rings. The Hall–Kier alpha value is -0.390. The molecule has 0 amide bonds. The van der Waals surface area contributed by atoms with Crippen LogP contribution < -0.4 is 4.74 Å². The van der Waals surface area contributed by atoms with Crippen molar-refractivity contribution in [2.75, 3.05) is 6.61 Å². The molecule has 2 rings (SSSR count). The zero-order valence-corrected chi connectivity index (χ0v) is 9.55. The molecule has 4 heteroatoms. The molecular weight excluding hydrogens is 301 g/mol. The average molecular weight is 310 g/mol. The maximum Gasteiger partial charge on any atom is 0.143 e. The Morgan fingerprint density at radius 3 is 2.36 bits per heavy atom. The van der Waals surface area contributed by atoms with E-state index in [9.17, 15) is 8.78 Å². The van der Waals surface area contributed by atoms with Crippen molar-refractivity contribution in [2.24, 2.45) is 5.92 Å². The van der Waals surface area contributed by atoms with E-state index in [2.05, 4.69) is 0 Å². The minimum absolute atomic E-state index is 0.0152. The minimum Gasteiger partial charge on any atom is -0.493 e. The SMILES string of the molecule is Fc1cc(OCC2CC2)cc(F)c1I. The first-order valence-corrected chi connectivity index (χ1v) is 5.52. The van der Waals surface area contributed by atoms with Crippen LogP contribution in [0.2, 0.25) is 0 Å². The molecular formula is C10H9F2IO. The summed E-state index contributed by atoms with van der Waals surface area (Å²) >= 11 is 1.63. The van der Waals surface area contributed by atoms with Crippen molar-refractivity contribution in [1.82, 2.24) is 0 Å². The Morgan fingerprint density at radius 1 is 1.29 bits per heavy atom. The molecule has 0 bridgehead atoms. The highest BCUT2D eigenvalue weighted by Gasteiger charge is 2.22. The van der Waals surface area contributed by atoms with E-state index < -0.39 is 11.6 Å². The summed E-state index contributed by atoms with van der Waals surface area (Å²) in [4.78, 5) is 0. The smallest absolute Gasteiger partial charge is 0.143 e. The molecule has 76 valence electrons. The second-order valence-electron chi connectivity index (χ2n) is 3.46. The van der Waals surface area contributed by atoms with E-state index in [-0.39, 0.29) is 9.32 Å². The standard InChI is InChI=1S/C10H9F2IO/c11-8-3-7(4-9(12)10(8)13)14-5-6-1-2-6/h3-4,6H,1-2,5H2. The first-order valence-electron chi connectivity index (χ1n) is 4.44. The summed E-state index contributed by atoms with van der Waals surface area (Å²) < 4.78 is 31.4. The summed E-state index contributed by atoms with van der Waals surface area (Å²) in [5.41, 5.74) is 0. The first-order chi connectivity index (χ1) is 6.66. The number of rotatable bonds is 3. The van der Waals surface area contributed by atoms with Gasteiger partial charge in [-0.2, -0.15) is 0 Å². The molecule has 0 N–H and O–H groups in total. The van der Waals surface area contributed by atoms with Gasteiger partial charge in [-0.1, -0.05) is 0 Å². The summed E-state index contributed by atoms with van der Waals surface area (Å²) in [7, 11) is 0. The second-order valence-corrected chi connectivity index (χ2v) is 4.53. The summed E-state index contributed by atoms with van der Waals surface area (Å²) in [5.74, 6) is -0.250. The van der Waals surface area contributed by atoms with Crippen LogP contribution in [-0.4, -0.2) is 6.61 Å². The van der Waals surface area contributed by atoms with Gasteiger partial charge < -0.3 is 4.74 Å². The predicted molar refractivity (Wildman–Crippen MR) is 57.3 cm³/mol. The molecule has 1 nitrogen and oxygen atoms in total. The Labute approximate surface area is 94.6 Å². The summed E-state index contributed by atoms with van der Waals surface area (Å²) in [6.07, 6.45) is 2.32. The van der Waals surface area contributed by atoms with Crippen LogP contribution in [0.3, 0.4) is 0 Å². The summed E-state index contributed by atoms with van der Waals surface area (Å²) in [6.45, 7) is 0.569. The van der Waals surface area contributed by atoms with Gasteiger partial charge in [-0.25, -0.2) is 8.78 Å². The molecule has 1 aliphatic carbocycles. The highest BCUT2D eigenvalue weighted by molar-refractivity contribution is 14.1. The topological polar surface area (TPSA) is 9.23 Å². The van der Waals surface area contributed by atoms with Gasteiger partial charge in [-0.15, -0.1) is 0 Å². The lowest BCUT2D eigenvalue weighted by atomic mass is 10.3. The first kappa shape index (κ1) is 10.1. The molecule has 0 aromatic heterocycles. The van der Waals surface area contributed by atoms with Gasteiger partial charge in [0.1, 0.15) is 17.4 Å². The van der Waals surface area contributed by atoms with Crippen molar-refractivity contribution < 1.29 is 13.5 Å². The van der Waals surface area contributed by atoms with Crippen molar-refractivity contribution in [3.63, 3.8) is 0 Å². The molecule has 0 aliphatic heterocycles. The van der Waals surface area contributed by atoms with Gasteiger partial charge in [-0.3, -0.25) is 0 Å². The number of hydrogen-bond acceptors (Lipinski definition) is 1. The van der Waals surface area contributed by atoms with Crippen LogP contribution in [0.15, 0.2) is 12.1 Å². The third-order valence-corrected chi connectivity index (χ3v) is 3.17. The largest absolute Gasteiger partial charge is 0.493 e. The van der Waals surface area contributed by atoms with Gasteiger partial charge in [0.05, 0.1) is 10.2 Å². The Balaban J connectivity index is 2.08. The number of hydrogen-bond donors (Lipinski definition) is 0. The fourth-order valence-corrected chi connectivity index (χ4v) is 1.43. The van der Waals surface area contributed by atoms with Gasteiger partial charge in [0.2, 0.25) is 0 Å². The third kappa shape index (κ3) is 2.34. The van der Waals surface area contributed by atoms with Crippen molar-refractivity contribution in [3.05, 3.63) is 27.3 Å². The molecule has 0 heterocycles. The fourth-order valence-electron chi connectivity index (χ4n) is 1.11. The highest BCUT2D eigenvalue weighted by Crippen LogP contribution is 2.30. The van der Waals surface area contributed by atoms with Gasteiger partial charge in [0, 0.05) is 12.1 Å². The Bertz CT molecular complexity index is 327. The quantitative estimate of drug-likeness (QED) is 0.614. The highest BCUT2D eigenvalue weighted by atomic mass is 127. The molecule has 0 unspecified atom stereocenters. The lowest BCUT2D eigenvalue weighted by molar-refractivity contribution is 0.296. The fraction of sp³-hybridized carbons (Fsp3) is 0.400. The number of benzene rings is 1. The molecule has 1 fully saturated rings. The maximum atomic E-state index is 13.1. The zero-order chi connectivity index (χ0) is 10.1. The normalized spacial score (nSPS) is 15.6. The molecule has 1 aromatic rings. The zero-order valence-electron chi connectivity index (χ0n) is 7.40. The summed E-state index contributed by atoms with van der Waals surface area (Å²) in [5, 5.41) is 0. The van der Waals surface area contributed by atoms with Gasteiger partial charge in [-0.05, 0) is 41.4 Å². The van der Waals surface area contributed by atoms with E-state index in [1.807, 2.05) is 0 Å². The van der Waals surface area contributed by atoms with E-state index in [4.69, 9.17) is 4.74 Å². The van der Waals surface area contributed by atoms with Gasteiger partial charge >= 0.3 is 0 Å². The molecule has 0 saturated heterocycles. The maximum absolute atomic E-state index is 13.1. The third-order valence-electron chi connectivity index (χ3n) is 2.14. The van der Waals surface area contributed by atoms with Gasteiger partial charge in [0.15, 0.2) is 0 Å². The molecule has 1 aromatic carbocycles. The van der Waals surface area contributed by atoms with Crippen LogP contribution in [0.5, 0.6) is 5.75 Å². The van der Waals surface area contributed by atoms with E-state index >= 15 is 0 Å². The molecule has 0 atom stereocenters. The van der Waals surface area contributed by atoms with E-state index in [1.54, 1.807) is 22.6 Å². The van der Waals surface area contributed by atoms with Crippen molar-refractivity contribution in [1.29, 1.82) is 0 Å². The van der Waals surface area contributed by atoms with Crippen molar-refractivity contribution in [2.45, 2.75) is 12.8 Å². The molecule has 14 heavy (non-hydrogen) atoms. The second kappa shape index (κ2) is 4.00. The predicted octanol–water partition coefficient (Wildman–Crippen LogP) is 3.36. The molecule has 1 saturated carbocycles. The van der Waals surface area contributed by atoms with Crippen LogP contribution in [0.25, 0.3) is 0 Å². The van der Waals surface area contributed by atoms with Crippen LogP contribution in [0.4, 0.5) is 8.78 Å². The van der Waals surface area contributed by atoms with Crippen LogP contribution >= 0.6 is 22.6 Å². The number of ether oxygens (including phenoxy) is 1. The molecule has 0 radical (unpaired) electrons. The van der Waals surface area contributed by atoms with Crippen LogP contribution in [-0.2, 0) is 0 Å².